The van der Waals surface area contributed by atoms with Crippen LogP contribution in [0.1, 0.15) is 54.4 Å². The van der Waals surface area contributed by atoms with E-state index in [-0.39, 0.29) is 5.91 Å². The van der Waals surface area contributed by atoms with E-state index in [1.165, 1.54) is 32.1 Å². The predicted octanol–water partition coefficient (Wildman–Crippen LogP) is 4.27. The van der Waals surface area contributed by atoms with Crippen molar-refractivity contribution in [1.82, 2.24) is 19.9 Å². The Hall–Kier alpha value is -2.69. The lowest BCUT2D eigenvalue weighted by atomic mass is 9.78. The maximum Gasteiger partial charge on any atom is 0.254 e. The topological polar surface area (TPSA) is 51.0 Å². The Morgan fingerprint density at radius 3 is 2.64 bits per heavy atom. The minimum Gasteiger partial charge on any atom is -0.335 e. The van der Waals surface area contributed by atoms with Gasteiger partial charge in [-0.1, -0.05) is 42.3 Å². The van der Waals surface area contributed by atoms with Crippen molar-refractivity contribution in [2.75, 3.05) is 6.54 Å². The van der Waals surface area contributed by atoms with Gasteiger partial charge in [-0.3, -0.25) is 4.79 Å². The second-order valence-corrected chi connectivity index (χ2v) is 8.19. The van der Waals surface area contributed by atoms with Gasteiger partial charge in [0.1, 0.15) is 5.52 Å². The van der Waals surface area contributed by atoms with Gasteiger partial charge in [-0.2, -0.15) is 0 Å². The van der Waals surface area contributed by atoms with E-state index in [4.69, 9.17) is 0 Å². The summed E-state index contributed by atoms with van der Waals surface area (Å²) in [5.41, 5.74) is 3.86. The second kappa shape index (κ2) is 7.38. The summed E-state index contributed by atoms with van der Waals surface area (Å²) in [5.74, 6) is 0.917. The van der Waals surface area contributed by atoms with Crippen LogP contribution in [0.2, 0.25) is 0 Å². The number of hydrogen-bond acceptors (Lipinski definition) is 3. The summed E-state index contributed by atoms with van der Waals surface area (Å²) in [6, 6.07) is 16.5. The van der Waals surface area contributed by atoms with E-state index in [1.54, 1.807) is 0 Å². The summed E-state index contributed by atoms with van der Waals surface area (Å²) < 4.78 is 1.91. The number of fused-ring (bicyclic) bond motifs is 2. The highest BCUT2D eigenvalue weighted by atomic mass is 16.2. The molecule has 0 radical (unpaired) electrons. The number of amides is 1. The number of benzene rings is 2. The fourth-order valence-corrected chi connectivity index (χ4v) is 5.00. The maximum atomic E-state index is 13.2. The van der Waals surface area contributed by atoms with Gasteiger partial charge in [0.2, 0.25) is 0 Å². The molecule has 2 atom stereocenters. The fourth-order valence-electron chi connectivity index (χ4n) is 5.00. The molecule has 1 saturated heterocycles. The number of likely N-dealkylation sites (tertiary alicyclic amines) is 1. The molecule has 2 heterocycles. The highest BCUT2D eigenvalue weighted by Gasteiger charge is 2.35. The van der Waals surface area contributed by atoms with E-state index in [0.29, 0.717) is 18.5 Å². The van der Waals surface area contributed by atoms with Gasteiger partial charge in [-0.25, -0.2) is 4.68 Å². The van der Waals surface area contributed by atoms with Gasteiger partial charge >= 0.3 is 0 Å². The normalized spacial score (nSPS) is 22.2. The molecule has 2 aliphatic rings. The van der Waals surface area contributed by atoms with Crippen molar-refractivity contribution in [2.24, 2.45) is 5.92 Å². The van der Waals surface area contributed by atoms with Gasteiger partial charge in [-0.05, 0) is 61.4 Å². The van der Waals surface area contributed by atoms with Gasteiger partial charge < -0.3 is 4.90 Å². The first kappa shape index (κ1) is 17.4. The third-order valence-electron chi connectivity index (χ3n) is 6.46. The highest BCUT2D eigenvalue weighted by Crippen LogP contribution is 2.35. The highest BCUT2D eigenvalue weighted by molar-refractivity contribution is 5.94. The van der Waals surface area contributed by atoms with Crippen LogP contribution >= 0.6 is 0 Å². The lowest BCUT2D eigenvalue weighted by molar-refractivity contribution is 0.0390. The number of aromatic nitrogens is 3. The van der Waals surface area contributed by atoms with Crippen molar-refractivity contribution in [3.05, 3.63) is 59.7 Å². The summed E-state index contributed by atoms with van der Waals surface area (Å²) in [7, 11) is 0. The first-order valence-corrected chi connectivity index (χ1v) is 10.5. The van der Waals surface area contributed by atoms with Crippen LogP contribution in [-0.2, 0) is 6.54 Å². The summed E-state index contributed by atoms with van der Waals surface area (Å²) in [4.78, 5) is 15.3. The largest absolute Gasteiger partial charge is 0.335 e. The minimum atomic E-state index is 0.203. The quantitative estimate of drug-likeness (QED) is 0.688. The van der Waals surface area contributed by atoms with E-state index < -0.39 is 0 Å². The Balaban J connectivity index is 1.32. The molecule has 0 spiro atoms. The lowest BCUT2D eigenvalue weighted by Crippen LogP contribution is -2.49. The van der Waals surface area contributed by atoms with Crippen molar-refractivity contribution in [2.45, 2.75) is 51.1 Å². The molecule has 3 aromatic rings. The van der Waals surface area contributed by atoms with Crippen molar-refractivity contribution in [3.8, 4) is 0 Å². The zero-order valence-corrected chi connectivity index (χ0v) is 16.1. The first-order valence-electron chi connectivity index (χ1n) is 10.5. The molecule has 5 rings (SSSR count). The van der Waals surface area contributed by atoms with Crippen LogP contribution in [0, 0.1) is 5.92 Å². The molecule has 2 aromatic carbocycles. The van der Waals surface area contributed by atoms with Crippen LogP contribution in [0.5, 0.6) is 0 Å². The van der Waals surface area contributed by atoms with Crippen LogP contribution in [0.4, 0.5) is 0 Å². The Labute approximate surface area is 165 Å². The van der Waals surface area contributed by atoms with Gasteiger partial charge in [-0.15, -0.1) is 5.10 Å². The molecule has 0 bridgehead atoms. The third kappa shape index (κ3) is 3.19. The Morgan fingerprint density at radius 2 is 1.75 bits per heavy atom. The Kier molecular flexibility index (Phi) is 4.59. The molecule has 5 heteroatoms. The Morgan fingerprint density at radius 1 is 0.964 bits per heavy atom. The van der Waals surface area contributed by atoms with E-state index in [0.717, 1.165) is 35.1 Å². The predicted molar refractivity (Wildman–Crippen MR) is 109 cm³/mol. The molecular formula is C23H26N4O. The van der Waals surface area contributed by atoms with Crippen molar-refractivity contribution < 1.29 is 4.79 Å². The fraction of sp³-hybridized carbons (Fsp3) is 0.435. The molecule has 1 saturated carbocycles. The molecule has 0 N–H and O–H groups in total. The average molecular weight is 374 g/mol. The smallest absolute Gasteiger partial charge is 0.254 e. The van der Waals surface area contributed by atoms with Gasteiger partial charge in [0, 0.05) is 18.2 Å². The van der Waals surface area contributed by atoms with E-state index in [1.807, 2.05) is 53.2 Å². The second-order valence-electron chi connectivity index (χ2n) is 8.19. The summed E-state index contributed by atoms with van der Waals surface area (Å²) >= 11 is 0. The SMILES string of the molecule is O=C(c1ccc(Cn2nnc3ccccc32)cc1)N1CCC[C@H]2CCCC[C@H]21. The number of carbonyl (C=O) groups excluding carboxylic acids is 1. The monoisotopic (exact) mass is 374 g/mol. The minimum absolute atomic E-state index is 0.203. The van der Waals surface area contributed by atoms with Gasteiger partial charge in [0.25, 0.3) is 5.91 Å². The summed E-state index contributed by atoms with van der Waals surface area (Å²) in [6.07, 6.45) is 7.49. The molecule has 144 valence electrons. The zero-order chi connectivity index (χ0) is 18.9. The van der Waals surface area contributed by atoms with E-state index in [2.05, 4.69) is 15.2 Å². The zero-order valence-electron chi connectivity index (χ0n) is 16.1. The average Bonchev–Trinajstić information content (AvgIpc) is 3.16. The summed E-state index contributed by atoms with van der Waals surface area (Å²) in [5, 5.41) is 8.47. The number of piperidine rings is 1. The molecule has 5 nitrogen and oxygen atoms in total. The van der Waals surface area contributed by atoms with Crippen molar-refractivity contribution in [3.63, 3.8) is 0 Å². The van der Waals surface area contributed by atoms with Gasteiger partial charge in [0.15, 0.2) is 0 Å². The van der Waals surface area contributed by atoms with Crippen LogP contribution < -0.4 is 0 Å². The van der Waals surface area contributed by atoms with Crippen LogP contribution in [-0.4, -0.2) is 38.4 Å². The molecule has 1 aliphatic heterocycles. The molecule has 1 aliphatic carbocycles. The standard InChI is InChI=1S/C23H26N4O/c28-23(26-15-5-7-18-6-1-3-9-21(18)26)19-13-11-17(12-14-19)16-27-22-10-4-2-8-20(22)24-25-27/h2,4,8,10-14,18,21H,1,3,5-7,9,15-16H2/t18-,21-/m1/s1. The van der Waals surface area contributed by atoms with Crippen molar-refractivity contribution in [1.29, 1.82) is 0 Å². The molecule has 2 fully saturated rings. The number of carbonyl (C=O) groups is 1. The number of hydrogen-bond donors (Lipinski definition) is 0. The molecule has 1 aromatic heterocycles. The number of rotatable bonds is 3. The maximum absolute atomic E-state index is 13.2. The lowest BCUT2D eigenvalue weighted by Gasteiger charge is -2.44. The molecule has 28 heavy (non-hydrogen) atoms. The first-order chi connectivity index (χ1) is 13.8. The van der Waals surface area contributed by atoms with Crippen molar-refractivity contribution >= 4 is 16.9 Å². The third-order valence-corrected chi connectivity index (χ3v) is 6.46. The van der Waals surface area contributed by atoms with E-state index >= 15 is 0 Å². The van der Waals surface area contributed by atoms with Crippen LogP contribution in [0.15, 0.2) is 48.5 Å². The van der Waals surface area contributed by atoms with E-state index in [9.17, 15) is 4.79 Å². The van der Waals surface area contributed by atoms with Crippen LogP contribution in [0.3, 0.4) is 0 Å². The Bertz CT molecular complexity index is 976. The molecule has 1 amide bonds. The number of nitrogens with zero attached hydrogens (tertiary/aromatic N) is 4. The van der Waals surface area contributed by atoms with Gasteiger partial charge in [0.05, 0.1) is 12.1 Å². The molecular weight excluding hydrogens is 348 g/mol. The van der Waals surface area contributed by atoms with Crippen LogP contribution in [0.25, 0.3) is 11.0 Å². The summed E-state index contributed by atoms with van der Waals surface area (Å²) in [6.45, 7) is 1.57. The number of para-hydroxylation sites is 1. The molecule has 0 unspecified atom stereocenters.